The molecule has 1 heteroatoms. The molecule has 0 bridgehead atoms. The molecule has 1 nitrogen and oxygen atoms in total. The van der Waals surface area contributed by atoms with Crippen molar-refractivity contribution in [3.8, 4) is 5.75 Å². The molecular weight excluding hydrogens is 172 g/mol. The highest BCUT2D eigenvalue weighted by Crippen LogP contribution is 2.41. The van der Waals surface area contributed by atoms with Crippen LogP contribution < -0.4 is 4.74 Å². The van der Waals surface area contributed by atoms with Crippen LogP contribution in [0.15, 0.2) is 6.07 Å². The van der Waals surface area contributed by atoms with Gasteiger partial charge in [-0.25, -0.2) is 0 Å². The molecular formula is C13H18O. The first-order valence-corrected chi connectivity index (χ1v) is 5.29. The van der Waals surface area contributed by atoms with Crippen molar-refractivity contribution in [2.45, 2.75) is 46.6 Å². The van der Waals surface area contributed by atoms with Gasteiger partial charge in [-0.15, -0.1) is 0 Å². The Morgan fingerprint density at radius 1 is 1.07 bits per heavy atom. The van der Waals surface area contributed by atoms with Crippen LogP contribution in [0.2, 0.25) is 0 Å². The molecule has 2 rings (SSSR count). The van der Waals surface area contributed by atoms with Crippen LogP contribution in [0.1, 0.15) is 42.0 Å². The van der Waals surface area contributed by atoms with Gasteiger partial charge in [0.1, 0.15) is 11.9 Å². The monoisotopic (exact) mass is 190 g/mol. The third kappa shape index (κ3) is 1.15. The molecule has 1 aliphatic heterocycles. The number of rotatable bonds is 0. The van der Waals surface area contributed by atoms with Gasteiger partial charge in [0.05, 0.1) is 0 Å². The van der Waals surface area contributed by atoms with Crippen molar-refractivity contribution in [1.29, 1.82) is 0 Å². The third-order valence-corrected chi connectivity index (χ3v) is 3.64. The molecule has 0 aliphatic carbocycles. The van der Waals surface area contributed by atoms with Gasteiger partial charge >= 0.3 is 0 Å². The molecule has 0 amide bonds. The van der Waals surface area contributed by atoms with Crippen LogP contribution in [0.4, 0.5) is 0 Å². The Bertz CT molecular complexity index is 379. The van der Waals surface area contributed by atoms with Gasteiger partial charge in [0.2, 0.25) is 0 Å². The molecule has 0 spiro atoms. The van der Waals surface area contributed by atoms with Crippen LogP contribution in [-0.4, -0.2) is 6.10 Å². The number of ether oxygens (including phenoxy) is 1. The van der Waals surface area contributed by atoms with Gasteiger partial charge < -0.3 is 4.74 Å². The Morgan fingerprint density at radius 2 is 1.71 bits per heavy atom. The summed E-state index contributed by atoms with van der Waals surface area (Å²) in [5, 5.41) is 0. The lowest BCUT2D eigenvalue weighted by Gasteiger charge is -2.11. The van der Waals surface area contributed by atoms with E-state index < -0.39 is 0 Å². The lowest BCUT2D eigenvalue weighted by atomic mass is 9.90. The molecule has 0 aromatic heterocycles. The summed E-state index contributed by atoms with van der Waals surface area (Å²) in [4.78, 5) is 0. The molecule has 1 heterocycles. The van der Waals surface area contributed by atoms with Crippen LogP contribution in [0.5, 0.6) is 5.75 Å². The standard InChI is InChI=1S/C13H18O/c1-7-6-12-13(9(3)8(7)2)10(4)11(5)14-12/h6,10-11H,1-5H3. The Balaban J connectivity index is 2.65. The van der Waals surface area contributed by atoms with Crippen LogP contribution in [0.25, 0.3) is 0 Å². The summed E-state index contributed by atoms with van der Waals surface area (Å²) in [6, 6.07) is 2.18. The summed E-state index contributed by atoms with van der Waals surface area (Å²) in [6.45, 7) is 11.0. The maximum atomic E-state index is 5.84. The summed E-state index contributed by atoms with van der Waals surface area (Å²) in [5.74, 6) is 1.63. The average molecular weight is 190 g/mol. The fourth-order valence-corrected chi connectivity index (χ4v) is 2.27. The first kappa shape index (κ1) is 9.57. The molecule has 0 saturated heterocycles. The SMILES string of the molecule is Cc1cc2c(c(C)c1C)C(C)C(C)O2. The minimum absolute atomic E-state index is 0.324. The van der Waals surface area contributed by atoms with E-state index >= 15 is 0 Å². The van der Waals surface area contributed by atoms with Gasteiger partial charge in [-0.3, -0.25) is 0 Å². The highest BCUT2D eigenvalue weighted by Gasteiger charge is 2.29. The summed E-state index contributed by atoms with van der Waals surface area (Å²) in [7, 11) is 0. The van der Waals surface area contributed by atoms with Gasteiger partial charge in [-0.05, 0) is 50.5 Å². The first-order valence-electron chi connectivity index (χ1n) is 5.29. The number of hydrogen-bond acceptors (Lipinski definition) is 1. The summed E-state index contributed by atoms with van der Waals surface area (Å²) in [5.41, 5.74) is 5.58. The van der Waals surface area contributed by atoms with E-state index in [1.165, 1.54) is 22.3 Å². The smallest absolute Gasteiger partial charge is 0.123 e. The third-order valence-electron chi connectivity index (χ3n) is 3.64. The fourth-order valence-electron chi connectivity index (χ4n) is 2.27. The normalized spacial score (nSPS) is 24.6. The number of benzene rings is 1. The average Bonchev–Trinajstić information content (AvgIpc) is 2.39. The minimum Gasteiger partial charge on any atom is -0.490 e. The molecule has 2 unspecified atom stereocenters. The molecule has 0 saturated carbocycles. The van der Waals surface area contributed by atoms with Crippen molar-refractivity contribution < 1.29 is 4.74 Å². The largest absolute Gasteiger partial charge is 0.490 e. The van der Waals surface area contributed by atoms with Crippen molar-refractivity contribution in [3.63, 3.8) is 0 Å². The van der Waals surface area contributed by atoms with Crippen LogP contribution >= 0.6 is 0 Å². The van der Waals surface area contributed by atoms with E-state index in [4.69, 9.17) is 4.74 Å². The van der Waals surface area contributed by atoms with Crippen LogP contribution in [-0.2, 0) is 0 Å². The predicted molar refractivity (Wildman–Crippen MR) is 59.2 cm³/mol. The van der Waals surface area contributed by atoms with Crippen molar-refractivity contribution >= 4 is 0 Å². The zero-order chi connectivity index (χ0) is 10.5. The van der Waals surface area contributed by atoms with Gasteiger partial charge in [0.25, 0.3) is 0 Å². The van der Waals surface area contributed by atoms with E-state index in [9.17, 15) is 0 Å². The number of fused-ring (bicyclic) bond motifs is 1. The summed E-state index contributed by atoms with van der Waals surface area (Å²) < 4.78 is 5.84. The van der Waals surface area contributed by atoms with Crippen molar-refractivity contribution in [2.24, 2.45) is 0 Å². The van der Waals surface area contributed by atoms with E-state index in [0.29, 0.717) is 12.0 Å². The lowest BCUT2D eigenvalue weighted by molar-refractivity contribution is 0.232. The molecule has 14 heavy (non-hydrogen) atoms. The Labute approximate surface area is 86.1 Å². The Kier molecular flexibility index (Phi) is 2.06. The topological polar surface area (TPSA) is 9.23 Å². The zero-order valence-corrected chi connectivity index (χ0v) is 9.64. The van der Waals surface area contributed by atoms with E-state index in [2.05, 4.69) is 40.7 Å². The predicted octanol–water partition coefficient (Wildman–Crippen LogP) is 3.50. The molecule has 0 N–H and O–H groups in total. The summed E-state index contributed by atoms with van der Waals surface area (Å²) >= 11 is 0. The maximum absolute atomic E-state index is 5.84. The minimum atomic E-state index is 0.324. The fraction of sp³-hybridized carbons (Fsp3) is 0.538. The number of aryl methyl sites for hydroxylation is 1. The van der Waals surface area contributed by atoms with E-state index in [-0.39, 0.29) is 0 Å². The molecule has 2 atom stereocenters. The molecule has 1 aromatic rings. The second-order valence-corrected chi connectivity index (χ2v) is 4.47. The van der Waals surface area contributed by atoms with E-state index in [1.54, 1.807) is 0 Å². The Hall–Kier alpha value is -0.980. The van der Waals surface area contributed by atoms with Crippen molar-refractivity contribution in [3.05, 3.63) is 28.3 Å². The molecule has 1 aromatic carbocycles. The zero-order valence-electron chi connectivity index (χ0n) is 9.64. The van der Waals surface area contributed by atoms with Gasteiger partial charge in [0.15, 0.2) is 0 Å². The van der Waals surface area contributed by atoms with Crippen LogP contribution in [0.3, 0.4) is 0 Å². The molecule has 76 valence electrons. The summed E-state index contributed by atoms with van der Waals surface area (Å²) in [6.07, 6.45) is 0.324. The maximum Gasteiger partial charge on any atom is 0.123 e. The van der Waals surface area contributed by atoms with Crippen LogP contribution in [0, 0.1) is 20.8 Å². The quantitative estimate of drug-likeness (QED) is 0.608. The highest BCUT2D eigenvalue weighted by atomic mass is 16.5. The first-order chi connectivity index (χ1) is 6.52. The van der Waals surface area contributed by atoms with Crippen molar-refractivity contribution in [1.82, 2.24) is 0 Å². The van der Waals surface area contributed by atoms with Crippen molar-refractivity contribution in [2.75, 3.05) is 0 Å². The molecule has 0 fully saturated rings. The number of hydrogen-bond donors (Lipinski definition) is 0. The van der Waals surface area contributed by atoms with Gasteiger partial charge in [-0.2, -0.15) is 0 Å². The van der Waals surface area contributed by atoms with Gasteiger partial charge in [-0.1, -0.05) is 6.92 Å². The van der Waals surface area contributed by atoms with E-state index in [1.807, 2.05) is 0 Å². The second-order valence-electron chi connectivity index (χ2n) is 4.47. The molecule has 0 radical (unpaired) electrons. The Morgan fingerprint density at radius 3 is 2.36 bits per heavy atom. The van der Waals surface area contributed by atoms with E-state index in [0.717, 1.165) is 5.75 Å². The lowest BCUT2D eigenvalue weighted by Crippen LogP contribution is -2.10. The molecule has 1 aliphatic rings. The highest BCUT2D eigenvalue weighted by molar-refractivity contribution is 5.52. The second kappa shape index (κ2) is 3.01. The van der Waals surface area contributed by atoms with Gasteiger partial charge in [0, 0.05) is 11.5 Å².